The zero-order chi connectivity index (χ0) is 12.3. The van der Waals surface area contributed by atoms with Crippen LogP contribution in [0.5, 0.6) is 0 Å². The molecule has 0 amide bonds. The fraction of sp³-hybridized carbons (Fsp3) is 0.500. The minimum absolute atomic E-state index is 0.0439. The van der Waals surface area contributed by atoms with E-state index in [0.717, 1.165) is 31.2 Å². The number of nitrogens with zero attached hydrogens (tertiary/aromatic N) is 1. The SMILES string of the molecule is N#CC1(O)CCCCC1Cc1ccc(Cl)cc1. The molecule has 1 fully saturated rings. The summed E-state index contributed by atoms with van der Waals surface area (Å²) in [4.78, 5) is 0. The molecule has 2 unspecified atom stereocenters. The van der Waals surface area contributed by atoms with E-state index in [-0.39, 0.29) is 5.92 Å². The number of rotatable bonds is 2. The molecule has 0 bridgehead atoms. The van der Waals surface area contributed by atoms with Gasteiger partial charge in [0.15, 0.2) is 5.60 Å². The van der Waals surface area contributed by atoms with Crippen LogP contribution in [-0.4, -0.2) is 10.7 Å². The fourth-order valence-electron chi connectivity index (χ4n) is 2.55. The molecule has 0 spiro atoms. The number of aliphatic hydroxyl groups is 1. The van der Waals surface area contributed by atoms with Crippen LogP contribution < -0.4 is 0 Å². The minimum Gasteiger partial charge on any atom is -0.375 e. The lowest BCUT2D eigenvalue weighted by Crippen LogP contribution is -2.40. The summed E-state index contributed by atoms with van der Waals surface area (Å²) in [6.07, 6.45) is 4.32. The maximum absolute atomic E-state index is 10.3. The first kappa shape index (κ1) is 12.4. The van der Waals surface area contributed by atoms with Gasteiger partial charge in [-0.15, -0.1) is 0 Å². The van der Waals surface area contributed by atoms with E-state index < -0.39 is 5.60 Å². The van der Waals surface area contributed by atoms with Crippen molar-refractivity contribution in [1.82, 2.24) is 0 Å². The molecule has 1 aliphatic carbocycles. The predicted molar refractivity (Wildman–Crippen MR) is 67.7 cm³/mol. The quantitative estimate of drug-likeness (QED) is 0.817. The molecule has 0 aliphatic heterocycles. The molecule has 1 saturated carbocycles. The van der Waals surface area contributed by atoms with Crippen molar-refractivity contribution < 1.29 is 5.11 Å². The Morgan fingerprint density at radius 2 is 2.06 bits per heavy atom. The Morgan fingerprint density at radius 1 is 1.35 bits per heavy atom. The highest BCUT2D eigenvalue weighted by atomic mass is 35.5. The van der Waals surface area contributed by atoms with Crippen LogP contribution in [0.1, 0.15) is 31.2 Å². The molecule has 90 valence electrons. The molecule has 0 saturated heterocycles. The molecule has 1 aromatic rings. The van der Waals surface area contributed by atoms with Gasteiger partial charge in [-0.25, -0.2) is 0 Å². The van der Waals surface area contributed by atoms with Crippen molar-refractivity contribution in [3.63, 3.8) is 0 Å². The number of nitriles is 1. The fourth-order valence-corrected chi connectivity index (χ4v) is 2.68. The lowest BCUT2D eigenvalue weighted by molar-refractivity contribution is 0.00257. The molecule has 0 heterocycles. The first-order valence-corrected chi connectivity index (χ1v) is 6.40. The van der Waals surface area contributed by atoms with E-state index in [1.54, 1.807) is 0 Å². The van der Waals surface area contributed by atoms with Crippen molar-refractivity contribution in [1.29, 1.82) is 5.26 Å². The summed E-state index contributed by atoms with van der Waals surface area (Å²) >= 11 is 5.84. The third-order valence-electron chi connectivity index (χ3n) is 3.62. The summed E-state index contributed by atoms with van der Waals surface area (Å²) in [5, 5.41) is 20.1. The second-order valence-corrected chi connectivity index (χ2v) is 5.25. The van der Waals surface area contributed by atoms with Crippen LogP contribution in [0.15, 0.2) is 24.3 Å². The van der Waals surface area contributed by atoms with E-state index in [2.05, 4.69) is 6.07 Å². The lowest BCUT2D eigenvalue weighted by Gasteiger charge is -2.34. The summed E-state index contributed by atoms with van der Waals surface area (Å²) in [7, 11) is 0. The van der Waals surface area contributed by atoms with Crippen LogP contribution >= 0.6 is 11.6 Å². The van der Waals surface area contributed by atoms with Gasteiger partial charge in [-0.2, -0.15) is 5.26 Å². The van der Waals surface area contributed by atoms with Gasteiger partial charge in [0, 0.05) is 10.9 Å². The second kappa shape index (κ2) is 5.08. The summed E-state index contributed by atoms with van der Waals surface area (Å²) in [5.41, 5.74) is -0.00675. The minimum atomic E-state index is -1.14. The van der Waals surface area contributed by atoms with E-state index in [0.29, 0.717) is 11.4 Å². The molecule has 17 heavy (non-hydrogen) atoms. The highest BCUT2D eigenvalue weighted by Crippen LogP contribution is 2.35. The van der Waals surface area contributed by atoms with Gasteiger partial charge in [-0.3, -0.25) is 0 Å². The molecule has 0 radical (unpaired) electrons. The topological polar surface area (TPSA) is 44.0 Å². The van der Waals surface area contributed by atoms with Gasteiger partial charge in [0.25, 0.3) is 0 Å². The highest BCUT2D eigenvalue weighted by molar-refractivity contribution is 6.30. The van der Waals surface area contributed by atoms with Crippen LogP contribution in [0.3, 0.4) is 0 Å². The Hall–Kier alpha value is -1.04. The molecular formula is C14H16ClNO. The largest absolute Gasteiger partial charge is 0.375 e. The van der Waals surface area contributed by atoms with Gasteiger partial charge in [0.05, 0.1) is 6.07 Å². The monoisotopic (exact) mass is 249 g/mol. The number of hydrogen-bond acceptors (Lipinski definition) is 2. The zero-order valence-corrected chi connectivity index (χ0v) is 10.5. The Bertz CT molecular complexity index is 423. The van der Waals surface area contributed by atoms with Gasteiger partial charge in [-0.1, -0.05) is 30.2 Å². The van der Waals surface area contributed by atoms with Crippen LogP contribution in [-0.2, 0) is 6.42 Å². The van der Waals surface area contributed by atoms with Crippen LogP contribution in [0.4, 0.5) is 0 Å². The first-order valence-electron chi connectivity index (χ1n) is 6.02. The Balaban J connectivity index is 2.11. The molecular weight excluding hydrogens is 234 g/mol. The molecule has 2 atom stereocenters. The van der Waals surface area contributed by atoms with Gasteiger partial charge in [0.1, 0.15) is 0 Å². The Morgan fingerprint density at radius 3 is 2.71 bits per heavy atom. The molecule has 2 nitrogen and oxygen atoms in total. The average Bonchev–Trinajstić information content (AvgIpc) is 2.35. The van der Waals surface area contributed by atoms with Gasteiger partial charge in [-0.05, 0) is 43.4 Å². The standard InChI is InChI=1S/C14H16ClNO/c15-13-6-4-11(5-7-13)9-12-3-1-2-8-14(12,17)10-16/h4-7,12,17H,1-3,8-9H2. The summed E-state index contributed by atoms with van der Waals surface area (Å²) in [5.74, 6) is 0.0439. The normalized spacial score (nSPS) is 28.6. The molecule has 2 rings (SSSR count). The number of benzene rings is 1. The van der Waals surface area contributed by atoms with E-state index >= 15 is 0 Å². The molecule has 0 aromatic heterocycles. The van der Waals surface area contributed by atoms with E-state index in [1.807, 2.05) is 24.3 Å². The Labute approximate surface area is 107 Å². The summed E-state index contributed by atoms with van der Waals surface area (Å²) in [6, 6.07) is 9.73. The van der Waals surface area contributed by atoms with E-state index in [9.17, 15) is 5.11 Å². The third kappa shape index (κ3) is 2.80. The van der Waals surface area contributed by atoms with Crippen LogP contribution in [0.25, 0.3) is 0 Å². The van der Waals surface area contributed by atoms with Crippen molar-refractivity contribution in [3.8, 4) is 6.07 Å². The third-order valence-corrected chi connectivity index (χ3v) is 3.88. The lowest BCUT2D eigenvalue weighted by atomic mass is 9.73. The summed E-state index contributed by atoms with van der Waals surface area (Å²) in [6.45, 7) is 0. The average molecular weight is 250 g/mol. The highest BCUT2D eigenvalue weighted by Gasteiger charge is 2.38. The van der Waals surface area contributed by atoms with Gasteiger partial charge < -0.3 is 5.11 Å². The van der Waals surface area contributed by atoms with E-state index in [1.165, 1.54) is 0 Å². The van der Waals surface area contributed by atoms with Crippen LogP contribution in [0.2, 0.25) is 5.02 Å². The molecule has 1 aliphatic rings. The first-order chi connectivity index (χ1) is 8.14. The van der Waals surface area contributed by atoms with Crippen molar-refractivity contribution in [2.75, 3.05) is 0 Å². The van der Waals surface area contributed by atoms with E-state index in [4.69, 9.17) is 16.9 Å². The molecule has 1 aromatic carbocycles. The number of halogens is 1. The van der Waals surface area contributed by atoms with Crippen molar-refractivity contribution in [3.05, 3.63) is 34.9 Å². The van der Waals surface area contributed by atoms with Gasteiger partial charge in [0.2, 0.25) is 0 Å². The van der Waals surface area contributed by atoms with Crippen molar-refractivity contribution in [2.24, 2.45) is 5.92 Å². The predicted octanol–water partition coefficient (Wildman–Crippen LogP) is 3.33. The summed E-state index contributed by atoms with van der Waals surface area (Å²) < 4.78 is 0. The van der Waals surface area contributed by atoms with Gasteiger partial charge >= 0.3 is 0 Å². The Kier molecular flexibility index (Phi) is 3.71. The van der Waals surface area contributed by atoms with Crippen molar-refractivity contribution in [2.45, 2.75) is 37.7 Å². The van der Waals surface area contributed by atoms with Crippen LogP contribution in [0, 0.1) is 17.2 Å². The number of hydrogen-bond donors (Lipinski definition) is 1. The molecule has 3 heteroatoms. The van der Waals surface area contributed by atoms with Crippen molar-refractivity contribution >= 4 is 11.6 Å². The zero-order valence-electron chi connectivity index (χ0n) is 9.69. The molecule has 1 N–H and O–H groups in total. The maximum Gasteiger partial charge on any atom is 0.154 e. The maximum atomic E-state index is 10.3. The second-order valence-electron chi connectivity index (χ2n) is 4.81. The smallest absolute Gasteiger partial charge is 0.154 e.